The van der Waals surface area contributed by atoms with E-state index in [-0.39, 0.29) is 5.91 Å². The molecule has 0 aromatic heterocycles. The average molecular weight is 356 g/mol. The van der Waals surface area contributed by atoms with Crippen molar-refractivity contribution in [3.63, 3.8) is 0 Å². The molecule has 2 saturated heterocycles. The summed E-state index contributed by atoms with van der Waals surface area (Å²) in [6.45, 7) is 7.03. The van der Waals surface area contributed by atoms with Gasteiger partial charge in [-0.15, -0.1) is 0 Å². The maximum atomic E-state index is 12.4. The van der Waals surface area contributed by atoms with Gasteiger partial charge >= 0.3 is 0 Å². The number of likely N-dealkylation sites (tertiary alicyclic amines) is 1. The Morgan fingerprint density at radius 2 is 1.85 bits per heavy atom. The molecule has 1 aliphatic carbocycles. The van der Waals surface area contributed by atoms with Gasteiger partial charge in [0.1, 0.15) is 0 Å². The third-order valence-electron chi connectivity index (χ3n) is 6.90. The van der Waals surface area contributed by atoms with Gasteiger partial charge in [0, 0.05) is 26.6 Å². The quantitative estimate of drug-likeness (QED) is 0.817. The number of amides is 1. The normalized spacial score (nSPS) is 28.7. The molecule has 2 aliphatic heterocycles. The maximum Gasteiger partial charge on any atom is 0.222 e. The van der Waals surface area contributed by atoms with Gasteiger partial charge in [0.05, 0.1) is 0 Å². The van der Waals surface area contributed by atoms with Crippen LogP contribution in [0.3, 0.4) is 0 Å². The second-order valence-electron chi connectivity index (χ2n) is 8.67. The van der Waals surface area contributed by atoms with E-state index in [2.05, 4.69) is 22.3 Å². The van der Waals surface area contributed by atoms with E-state index in [1.165, 1.54) is 51.1 Å². The summed E-state index contributed by atoms with van der Waals surface area (Å²) in [4.78, 5) is 17.0. The fourth-order valence-electron chi connectivity index (χ4n) is 5.04. The van der Waals surface area contributed by atoms with Crippen LogP contribution in [0.25, 0.3) is 0 Å². The predicted octanol–water partition coefficient (Wildman–Crippen LogP) is 2.60. The second kappa shape index (κ2) is 8.10. The van der Waals surface area contributed by atoms with Crippen molar-refractivity contribution in [1.29, 1.82) is 0 Å². The van der Waals surface area contributed by atoms with Crippen LogP contribution in [0.15, 0.2) is 30.3 Å². The van der Waals surface area contributed by atoms with E-state index < -0.39 is 0 Å². The molecule has 142 valence electrons. The van der Waals surface area contributed by atoms with Gasteiger partial charge in [0.2, 0.25) is 5.91 Å². The smallest absolute Gasteiger partial charge is 0.222 e. The van der Waals surface area contributed by atoms with E-state index in [1.807, 2.05) is 30.1 Å². The molecule has 1 N–H and O–H groups in total. The monoisotopic (exact) mass is 355 g/mol. The number of piperidine rings is 2. The Hall–Kier alpha value is -1.39. The first-order valence-electron chi connectivity index (χ1n) is 10.4. The highest BCUT2D eigenvalue weighted by atomic mass is 16.2. The summed E-state index contributed by atoms with van der Waals surface area (Å²) < 4.78 is 0. The standard InChI is InChI=1S/C22H33N3O/c1-24(15-18-5-3-2-4-6-18)22(26)8-7-17-9-11-25(12-10-17)16-21-19-13-23-14-20(19)21/h2-6,17,19-21,23H,7-16H2,1H3. The van der Waals surface area contributed by atoms with Crippen LogP contribution in [0.1, 0.15) is 31.2 Å². The first-order chi connectivity index (χ1) is 12.7. The van der Waals surface area contributed by atoms with Crippen LogP contribution in [-0.4, -0.2) is 55.5 Å². The topological polar surface area (TPSA) is 35.6 Å². The Morgan fingerprint density at radius 1 is 1.15 bits per heavy atom. The summed E-state index contributed by atoms with van der Waals surface area (Å²) in [5.41, 5.74) is 1.21. The van der Waals surface area contributed by atoms with Gasteiger partial charge in [-0.2, -0.15) is 0 Å². The van der Waals surface area contributed by atoms with Gasteiger partial charge in [-0.05, 0) is 74.7 Å². The molecule has 4 nitrogen and oxygen atoms in total. The molecule has 1 aromatic rings. The van der Waals surface area contributed by atoms with Crippen LogP contribution in [0, 0.1) is 23.7 Å². The third-order valence-corrected chi connectivity index (χ3v) is 6.90. The number of rotatable bonds is 7. The maximum absolute atomic E-state index is 12.4. The summed E-state index contributed by atoms with van der Waals surface area (Å²) in [5, 5.41) is 3.49. The number of hydrogen-bond donors (Lipinski definition) is 1. The zero-order valence-electron chi connectivity index (χ0n) is 16.1. The van der Waals surface area contributed by atoms with Crippen molar-refractivity contribution in [1.82, 2.24) is 15.1 Å². The van der Waals surface area contributed by atoms with Crippen molar-refractivity contribution >= 4 is 5.91 Å². The largest absolute Gasteiger partial charge is 0.341 e. The van der Waals surface area contributed by atoms with Gasteiger partial charge < -0.3 is 15.1 Å². The summed E-state index contributed by atoms with van der Waals surface area (Å²) >= 11 is 0. The lowest BCUT2D eigenvalue weighted by molar-refractivity contribution is -0.130. The second-order valence-corrected chi connectivity index (χ2v) is 8.67. The number of carbonyl (C=O) groups excluding carboxylic acids is 1. The number of fused-ring (bicyclic) bond motifs is 1. The Bertz CT molecular complexity index is 587. The molecule has 3 aliphatic rings. The fourth-order valence-corrected chi connectivity index (χ4v) is 5.04. The van der Waals surface area contributed by atoms with Crippen LogP contribution in [0.5, 0.6) is 0 Å². The molecular weight excluding hydrogens is 322 g/mol. The molecule has 1 amide bonds. The van der Waals surface area contributed by atoms with Gasteiger partial charge in [-0.25, -0.2) is 0 Å². The van der Waals surface area contributed by atoms with Crippen molar-refractivity contribution < 1.29 is 4.79 Å². The molecule has 4 rings (SSSR count). The molecule has 4 heteroatoms. The minimum absolute atomic E-state index is 0.287. The highest BCUT2D eigenvalue weighted by Gasteiger charge is 2.52. The summed E-state index contributed by atoms with van der Waals surface area (Å²) in [7, 11) is 1.93. The van der Waals surface area contributed by atoms with Crippen molar-refractivity contribution in [3.05, 3.63) is 35.9 Å². The van der Waals surface area contributed by atoms with E-state index >= 15 is 0 Å². The number of nitrogens with zero attached hydrogens (tertiary/aromatic N) is 2. The van der Waals surface area contributed by atoms with Crippen molar-refractivity contribution in [3.8, 4) is 0 Å². The van der Waals surface area contributed by atoms with Crippen molar-refractivity contribution in [2.45, 2.75) is 32.2 Å². The molecule has 0 spiro atoms. The molecule has 26 heavy (non-hydrogen) atoms. The van der Waals surface area contributed by atoms with Gasteiger partial charge in [0.15, 0.2) is 0 Å². The van der Waals surface area contributed by atoms with E-state index in [0.29, 0.717) is 6.42 Å². The highest BCUT2D eigenvalue weighted by molar-refractivity contribution is 5.75. The number of nitrogens with one attached hydrogen (secondary N) is 1. The van der Waals surface area contributed by atoms with Gasteiger partial charge in [-0.3, -0.25) is 4.79 Å². The number of benzene rings is 1. The summed E-state index contributed by atoms with van der Waals surface area (Å²) in [6, 6.07) is 10.3. The van der Waals surface area contributed by atoms with E-state index in [0.717, 1.165) is 36.6 Å². The van der Waals surface area contributed by atoms with Crippen LogP contribution in [-0.2, 0) is 11.3 Å². The lowest BCUT2D eigenvalue weighted by atomic mass is 9.91. The lowest BCUT2D eigenvalue weighted by Gasteiger charge is -2.32. The van der Waals surface area contributed by atoms with E-state index in [1.54, 1.807) is 0 Å². The SMILES string of the molecule is CN(Cc1ccccc1)C(=O)CCC1CCN(CC2C3CNCC32)CC1. The van der Waals surface area contributed by atoms with Crippen LogP contribution in [0.2, 0.25) is 0 Å². The first-order valence-corrected chi connectivity index (χ1v) is 10.4. The zero-order chi connectivity index (χ0) is 17.9. The highest BCUT2D eigenvalue weighted by Crippen LogP contribution is 2.49. The Kier molecular flexibility index (Phi) is 5.60. The molecule has 0 bridgehead atoms. The van der Waals surface area contributed by atoms with Crippen molar-refractivity contribution in [2.75, 3.05) is 39.8 Å². The zero-order valence-corrected chi connectivity index (χ0v) is 16.1. The molecule has 2 unspecified atom stereocenters. The van der Waals surface area contributed by atoms with E-state index in [4.69, 9.17) is 0 Å². The Labute approximate surface area is 157 Å². The van der Waals surface area contributed by atoms with E-state index in [9.17, 15) is 4.79 Å². The number of carbonyl (C=O) groups is 1. The molecule has 3 fully saturated rings. The molecule has 1 aromatic carbocycles. The van der Waals surface area contributed by atoms with Gasteiger partial charge in [0.25, 0.3) is 0 Å². The summed E-state index contributed by atoms with van der Waals surface area (Å²) in [5.74, 6) is 3.95. The molecule has 1 saturated carbocycles. The minimum atomic E-state index is 0.287. The fraction of sp³-hybridized carbons (Fsp3) is 0.682. The van der Waals surface area contributed by atoms with Crippen LogP contribution >= 0.6 is 0 Å². The first kappa shape index (κ1) is 18.0. The van der Waals surface area contributed by atoms with Gasteiger partial charge in [-0.1, -0.05) is 30.3 Å². The van der Waals surface area contributed by atoms with Crippen molar-refractivity contribution in [2.24, 2.45) is 23.7 Å². The third kappa shape index (κ3) is 4.29. The van der Waals surface area contributed by atoms with Crippen LogP contribution in [0.4, 0.5) is 0 Å². The molecular formula is C22H33N3O. The molecule has 2 heterocycles. The Balaban J connectivity index is 1.13. The van der Waals surface area contributed by atoms with Crippen LogP contribution < -0.4 is 5.32 Å². The average Bonchev–Trinajstić information content (AvgIpc) is 3.08. The molecule has 0 radical (unpaired) electrons. The molecule has 2 atom stereocenters. The summed E-state index contributed by atoms with van der Waals surface area (Å²) in [6.07, 6.45) is 4.31. The Morgan fingerprint density at radius 3 is 2.54 bits per heavy atom. The number of hydrogen-bond acceptors (Lipinski definition) is 3. The lowest BCUT2D eigenvalue weighted by Crippen LogP contribution is -2.36. The predicted molar refractivity (Wildman–Crippen MR) is 105 cm³/mol. The minimum Gasteiger partial charge on any atom is -0.341 e.